The predicted octanol–water partition coefficient (Wildman–Crippen LogP) is 15.8. The van der Waals surface area contributed by atoms with E-state index in [2.05, 4.69) is 52.4 Å². The Morgan fingerprint density at radius 2 is 1.10 bits per heavy atom. The highest BCUT2D eigenvalue weighted by molar-refractivity contribution is 7.40. The molecule has 5 heteroatoms. The van der Waals surface area contributed by atoms with Crippen LogP contribution in [0.25, 0.3) is 0 Å². The second kappa shape index (κ2) is 29.9. The molecule has 1 spiro atoms. The fourth-order valence-electron chi connectivity index (χ4n) is 9.11. The molecule has 0 aromatic carbocycles. The van der Waals surface area contributed by atoms with Gasteiger partial charge in [0.1, 0.15) is 5.76 Å². The highest BCUT2D eigenvalue weighted by atomic mass is 31.1. The topological polar surface area (TPSA) is 35.5 Å². The molecule has 5 unspecified atom stereocenters. The van der Waals surface area contributed by atoms with E-state index in [1.165, 1.54) is 173 Å². The molecule has 3 saturated carbocycles. The monoisotopic (exact) mass is 751 g/mol. The van der Waals surface area contributed by atoms with Crippen molar-refractivity contribution in [3.63, 3.8) is 0 Å². The molecule has 51 heavy (non-hydrogen) atoms. The third-order valence-electron chi connectivity index (χ3n) is 12.1. The third-order valence-corrected chi connectivity index (χ3v) is 13.0. The second-order valence-corrected chi connectivity index (χ2v) is 19.0. The minimum Gasteiger partial charge on any atom is -0.490 e. The van der Waals surface area contributed by atoms with Crippen molar-refractivity contribution in [1.29, 1.82) is 0 Å². The van der Waals surface area contributed by atoms with Crippen LogP contribution in [0.2, 0.25) is 0 Å². The molecule has 0 aliphatic heterocycles. The van der Waals surface area contributed by atoms with Gasteiger partial charge in [0.25, 0.3) is 0 Å². The Hall–Kier alpha value is -0.390. The number of ether oxygens (including phenoxy) is 2. The SMILES string of the molecule is C1CCCC1.C=C(C)CCCCCCCCCCCCCCCCCCC(=O)OC(P)(P)C(=C)OC1CC(C)C2(CCCC2)C(CCC)C1.CC. The molecule has 0 aromatic heterocycles. The molecule has 300 valence electrons. The molecular formula is C46H88O3P2. The zero-order valence-corrected chi connectivity index (χ0v) is 37.3. The van der Waals surface area contributed by atoms with Gasteiger partial charge in [0.15, 0.2) is 5.08 Å². The molecular weight excluding hydrogens is 662 g/mol. The lowest BCUT2D eigenvalue weighted by molar-refractivity contribution is -0.148. The van der Waals surface area contributed by atoms with Crippen LogP contribution in [0.5, 0.6) is 0 Å². The van der Waals surface area contributed by atoms with Gasteiger partial charge in [-0.2, -0.15) is 0 Å². The van der Waals surface area contributed by atoms with E-state index in [0.717, 1.165) is 31.6 Å². The lowest BCUT2D eigenvalue weighted by Crippen LogP contribution is -2.44. The molecule has 0 saturated heterocycles. The van der Waals surface area contributed by atoms with Crippen molar-refractivity contribution in [2.45, 2.75) is 245 Å². The van der Waals surface area contributed by atoms with Crippen molar-refractivity contribution in [2.24, 2.45) is 17.3 Å². The minimum atomic E-state index is -0.951. The summed E-state index contributed by atoms with van der Waals surface area (Å²) in [4.78, 5) is 12.6. The second-order valence-electron chi connectivity index (χ2n) is 16.6. The smallest absolute Gasteiger partial charge is 0.307 e. The van der Waals surface area contributed by atoms with Gasteiger partial charge in [0.2, 0.25) is 0 Å². The van der Waals surface area contributed by atoms with Crippen LogP contribution in [-0.2, 0) is 14.3 Å². The van der Waals surface area contributed by atoms with E-state index in [-0.39, 0.29) is 12.1 Å². The van der Waals surface area contributed by atoms with E-state index in [1.54, 1.807) is 0 Å². The first-order valence-electron chi connectivity index (χ1n) is 22.4. The number of hydrogen-bond donors (Lipinski definition) is 0. The van der Waals surface area contributed by atoms with Gasteiger partial charge in [-0.25, -0.2) is 0 Å². The van der Waals surface area contributed by atoms with Crippen LogP contribution in [0.3, 0.4) is 0 Å². The molecule has 0 radical (unpaired) electrons. The largest absolute Gasteiger partial charge is 0.490 e. The summed E-state index contributed by atoms with van der Waals surface area (Å²) in [6, 6.07) is 0. The number of unbranched alkanes of at least 4 members (excludes halogenated alkanes) is 15. The van der Waals surface area contributed by atoms with Crippen molar-refractivity contribution in [3.8, 4) is 0 Å². The summed E-state index contributed by atoms with van der Waals surface area (Å²) in [5.74, 6) is 1.79. The third kappa shape index (κ3) is 21.3. The van der Waals surface area contributed by atoms with E-state index in [1.807, 2.05) is 13.8 Å². The quantitative estimate of drug-likeness (QED) is 0.0306. The van der Waals surface area contributed by atoms with Crippen molar-refractivity contribution in [1.82, 2.24) is 0 Å². The van der Waals surface area contributed by atoms with Crippen LogP contribution in [0.4, 0.5) is 0 Å². The van der Waals surface area contributed by atoms with Gasteiger partial charge in [-0.1, -0.05) is 206 Å². The van der Waals surface area contributed by atoms with Gasteiger partial charge >= 0.3 is 5.97 Å². The number of carbonyl (C=O) groups excluding carboxylic acids is 1. The lowest BCUT2D eigenvalue weighted by atomic mass is 9.58. The summed E-state index contributed by atoms with van der Waals surface area (Å²) < 4.78 is 12.3. The van der Waals surface area contributed by atoms with Gasteiger partial charge in [-0.05, 0) is 69.1 Å². The van der Waals surface area contributed by atoms with Crippen LogP contribution >= 0.6 is 18.5 Å². The first-order valence-corrected chi connectivity index (χ1v) is 23.6. The van der Waals surface area contributed by atoms with Crippen LogP contribution in [0, 0.1) is 17.3 Å². The molecule has 0 N–H and O–H groups in total. The van der Waals surface area contributed by atoms with Crippen LogP contribution in [0.15, 0.2) is 24.5 Å². The van der Waals surface area contributed by atoms with Gasteiger partial charge < -0.3 is 9.47 Å². The molecule has 3 aliphatic rings. The van der Waals surface area contributed by atoms with Gasteiger partial charge in [-0.3, -0.25) is 4.79 Å². The highest BCUT2D eigenvalue weighted by Crippen LogP contribution is 2.57. The van der Waals surface area contributed by atoms with Crippen molar-refractivity contribution in [3.05, 3.63) is 24.5 Å². The van der Waals surface area contributed by atoms with Crippen LogP contribution < -0.4 is 0 Å². The molecule has 0 heterocycles. The Bertz CT molecular complexity index is 881. The Balaban J connectivity index is 0.00000167. The first kappa shape index (κ1) is 48.6. The zero-order valence-electron chi connectivity index (χ0n) is 34.9. The standard InChI is InChI=1S/C39H72O3P2.C5H10.C2H6/c1-6-25-35-31-36(30-33(4)38(35)28-23-24-29-38)41-34(5)39(43,44)42-37(40)27-22-20-18-16-14-12-10-8-7-9-11-13-15-17-19-21-26-32(2)3;1-2-4-5-3-1;1-2/h33,35-36H,2,5-31,43-44H2,1,3-4H3;1-5H2;1-2H3. The van der Waals surface area contributed by atoms with E-state index in [9.17, 15) is 4.79 Å². The molecule has 0 amide bonds. The maximum atomic E-state index is 12.6. The number of carbonyl (C=O) groups is 1. The predicted molar refractivity (Wildman–Crippen MR) is 232 cm³/mol. The Morgan fingerprint density at radius 3 is 1.51 bits per heavy atom. The molecule has 0 aromatic rings. The summed E-state index contributed by atoms with van der Waals surface area (Å²) in [6.45, 7) is 19.1. The Labute approximate surface area is 324 Å². The fraction of sp³-hybridized carbons (Fsp3) is 0.891. The van der Waals surface area contributed by atoms with Gasteiger partial charge in [-0.15, -0.1) is 6.58 Å². The van der Waals surface area contributed by atoms with E-state index < -0.39 is 5.08 Å². The van der Waals surface area contributed by atoms with E-state index >= 15 is 0 Å². The lowest BCUT2D eigenvalue weighted by Gasteiger charge is -2.49. The first-order chi connectivity index (χ1) is 24.6. The fourth-order valence-corrected chi connectivity index (χ4v) is 9.51. The molecule has 3 aliphatic carbocycles. The Kier molecular flexibility index (Phi) is 28.5. The molecule has 0 bridgehead atoms. The van der Waals surface area contributed by atoms with Crippen LogP contribution in [-0.4, -0.2) is 17.2 Å². The summed E-state index contributed by atoms with van der Waals surface area (Å²) in [5, 5.41) is -0.951. The molecule has 3 rings (SSSR count). The molecule has 5 atom stereocenters. The van der Waals surface area contributed by atoms with Crippen molar-refractivity contribution < 1.29 is 14.3 Å². The maximum absolute atomic E-state index is 12.6. The number of allylic oxidation sites excluding steroid dienone is 1. The minimum absolute atomic E-state index is 0.159. The average molecular weight is 751 g/mol. The normalized spacial score (nSPS) is 21.0. The summed E-state index contributed by atoms with van der Waals surface area (Å²) in [6.07, 6.45) is 40.7. The van der Waals surface area contributed by atoms with Gasteiger partial charge in [0.05, 0.1) is 6.10 Å². The maximum Gasteiger partial charge on any atom is 0.307 e. The molecule has 3 fully saturated rings. The summed E-state index contributed by atoms with van der Waals surface area (Å²) in [5.41, 5.74) is 1.85. The summed E-state index contributed by atoms with van der Waals surface area (Å²) in [7, 11) is 5.30. The summed E-state index contributed by atoms with van der Waals surface area (Å²) >= 11 is 0. The number of hydrogen-bond acceptors (Lipinski definition) is 3. The average Bonchev–Trinajstić information content (AvgIpc) is 3.84. The highest BCUT2D eigenvalue weighted by Gasteiger charge is 2.49. The van der Waals surface area contributed by atoms with E-state index in [0.29, 0.717) is 23.5 Å². The number of rotatable bonds is 25. The van der Waals surface area contributed by atoms with Crippen LogP contribution in [0.1, 0.15) is 234 Å². The Morgan fingerprint density at radius 1 is 0.686 bits per heavy atom. The number of esters is 1. The van der Waals surface area contributed by atoms with E-state index in [4.69, 9.17) is 9.47 Å². The zero-order chi connectivity index (χ0) is 37.8. The van der Waals surface area contributed by atoms with Crippen molar-refractivity contribution >= 4 is 24.4 Å². The van der Waals surface area contributed by atoms with Crippen molar-refractivity contribution in [2.75, 3.05) is 0 Å². The molecule has 3 nitrogen and oxygen atoms in total. The van der Waals surface area contributed by atoms with Gasteiger partial charge in [0, 0.05) is 6.42 Å².